The van der Waals surface area contributed by atoms with Gasteiger partial charge >= 0.3 is 0 Å². The molecule has 1 aliphatic heterocycles. The fourth-order valence-electron chi connectivity index (χ4n) is 2.34. The van der Waals surface area contributed by atoms with Crippen LogP contribution >= 0.6 is 0 Å². The van der Waals surface area contributed by atoms with E-state index in [-0.39, 0.29) is 17.4 Å². The number of benzene rings is 1. The Morgan fingerprint density at radius 3 is 2.48 bits per heavy atom. The van der Waals surface area contributed by atoms with Crippen molar-refractivity contribution >= 4 is 17.5 Å². The molecule has 0 aromatic heterocycles. The van der Waals surface area contributed by atoms with Crippen molar-refractivity contribution in [2.24, 2.45) is 0 Å². The molecule has 0 bridgehead atoms. The van der Waals surface area contributed by atoms with Crippen LogP contribution in [-0.4, -0.2) is 23.9 Å². The van der Waals surface area contributed by atoms with Crippen LogP contribution in [0.5, 0.6) is 0 Å². The van der Waals surface area contributed by atoms with Gasteiger partial charge in [-0.3, -0.25) is 9.59 Å². The number of hydrogen-bond acceptors (Lipinski definition) is 2. The van der Waals surface area contributed by atoms with Gasteiger partial charge in [0.15, 0.2) is 0 Å². The number of anilines is 1. The number of carbonyl (C=O) groups is 2. The molecule has 4 nitrogen and oxygen atoms in total. The minimum Gasteiger partial charge on any atom is -0.347 e. The molecule has 2 rings (SSSR count). The molecule has 0 unspecified atom stereocenters. The van der Waals surface area contributed by atoms with Crippen LogP contribution in [0.1, 0.15) is 56.8 Å². The van der Waals surface area contributed by atoms with Crippen molar-refractivity contribution in [1.29, 1.82) is 0 Å². The fourth-order valence-corrected chi connectivity index (χ4v) is 2.34. The smallest absolute Gasteiger partial charge is 0.251 e. The van der Waals surface area contributed by atoms with Gasteiger partial charge in [0, 0.05) is 29.8 Å². The molecule has 2 amide bonds. The summed E-state index contributed by atoms with van der Waals surface area (Å²) < 4.78 is 0. The van der Waals surface area contributed by atoms with Gasteiger partial charge < -0.3 is 10.2 Å². The Hall–Kier alpha value is -1.84. The summed E-state index contributed by atoms with van der Waals surface area (Å²) in [5.74, 6) is 0.101. The topological polar surface area (TPSA) is 49.4 Å². The minimum absolute atomic E-state index is 0.0710. The molecule has 1 aromatic carbocycles. The molecular formula is C17H24N2O2. The van der Waals surface area contributed by atoms with Crippen molar-refractivity contribution in [3.63, 3.8) is 0 Å². The number of amides is 2. The first-order chi connectivity index (χ1) is 9.93. The van der Waals surface area contributed by atoms with Crippen LogP contribution < -0.4 is 10.2 Å². The molecule has 4 heteroatoms. The number of rotatable bonds is 4. The third kappa shape index (κ3) is 3.84. The summed E-state index contributed by atoms with van der Waals surface area (Å²) >= 11 is 0. The Balaban J connectivity index is 2.08. The summed E-state index contributed by atoms with van der Waals surface area (Å²) in [6.45, 7) is 6.83. The zero-order valence-electron chi connectivity index (χ0n) is 13.1. The number of nitrogens with zero attached hydrogens (tertiary/aromatic N) is 1. The monoisotopic (exact) mass is 288 g/mol. The van der Waals surface area contributed by atoms with Gasteiger partial charge in [0.2, 0.25) is 5.91 Å². The summed E-state index contributed by atoms with van der Waals surface area (Å²) in [6, 6.07) is 7.30. The van der Waals surface area contributed by atoms with E-state index in [0.29, 0.717) is 12.0 Å². The molecule has 114 valence electrons. The van der Waals surface area contributed by atoms with Gasteiger partial charge in [0.25, 0.3) is 5.91 Å². The largest absolute Gasteiger partial charge is 0.347 e. The molecule has 0 aliphatic carbocycles. The average Bonchev–Trinajstić information content (AvgIpc) is 2.47. The Morgan fingerprint density at radius 1 is 1.24 bits per heavy atom. The maximum absolute atomic E-state index is 12.2. The van der Waals surface area contributed by atoms with Crippen molar-refractivity contribution in [3.05, 3.63) is 29.8 Å². The highest BCUT2D eigenvalue weighted by Crippen LogP contribution is 2.21. The third-order valence-corrected chi connectivity index (χ3v) is 4.10. The molecule has 21 heavy (non-hydrogen) atoms. The van der Waals surface area contributed by atoms with E-state index in [0.717, 1.165) is 31.5 Å². The van der Waals surface area contributed by atoms with E-state index in [1.165, 1.54) is 0 Å². The van der Waals surface area contributed by atoms with Crippen molar-refractivity contribution in [1.82, 2.24) is 5.32 Å². The minimum atomic E-state index is -0.210. The van der Waals surface area contributed by atoms with Crippen molar-refractivity contribution in [3.8, 4) is 0 Å². The van der Waals surface area contributed by atoms with Crippen LogP contribution in [0.2, 0.25) is 0 Å². The van der Waals surface area contributed by atoms with Gasteiger partial charge in [-0.25, -0.2) is 0 Å². The van der Waals surface area contributed by atoms with Gasteiger partial charge in [-0.1, -0.05) is 6.92 Å². The predicted molar refractivity (Wildman–Crippen MR) is 84.5 cm³/mol. The zero-order chi connectivity index (χ0) is 15.5. The fraction of sp³-hybridized carbons (Fsp3) is 0.529. The van der Waals surface area contributed by atoms with Gasteiger partial charge in [-0.15, -0.1) is 0 Å². The first kappa shape index (κ1) is 15.5. The lowest BCUT2D eigenvalue weighted by atomic mass is 10.0. The number of carbonyl (C=O) groups excluding carboxylic acids is 2. The Kier molecular flexibility index (Phi) is 4.66. The first-order valence-corrected chi connectivity index (χ1v) is 7.66. The molecule has 1 fully saturated rings. The van der Waals surface area contributed by atoms with Crippen LogP contribution in [0.25, 0.3) is 0 Å². The molecule has 0 spiro atoms. The number of hydrogen-bond donors (Lipinski definition) is 1. The van der Waals surface area contributed by atoms with Crippen LogP contribution in [0.3, 0.4) is 0 Å². The van der Waals surface area contributed by atoms with Gasteiger partial charge in [0.1, 0.15) is 0 Å². The van der Waals surface area contributed by atoms with E-state index in [1.54, 1.807) is 17.0 Å². The summed E-state index contributed by atoms with van der Waals surface area (Å²) in [4.78, 5) is 25.9. The maximum atomic E-state index is 12.2. The number of nitrogens with one attached hydrogen (secondary N) is 1. The molecule has 1 N–H and O–H groups in total. The van der Waals surface area contributed by atoms with Gasteiger partial charge in [-0.2, -0.15) is 0 Å². The second-order valence-corrected chi connectivity index (χ2v) is 6.24. The average molecular weight is 288 g/mol. The molecule has 0 radical (unpaired) electrons. The van der Waals surface area contributed by atoms with E-state index in [1.807, 2.05) is 32.9 Å². The first-order valence-electron chi connectivity index (χ1n) is 7.66. The summed E-state index contributed by atoms with van der Waals surface area (Å²) in [5, 5.41) is 3.01. The summed E-state index contributed by atoms with van der Waals surface area (Å²) in [5.41, 5.74) is 1.30. The molecular weight excluding hydrogens is 264 g/mol. The van der Waals surface area contributed by atoms with E-state index in [2.05, 4.69) is 5.32 Å². The Labute approximate surface area is 126 Å². The van der Waals surface area contributed by atoms with Crippen LogP contribution in [0.15, 0.2) is 24.3 Å². The molecule has 1 aromatic rings. The molecule has 0 saturated carbocycles. The lowest BCUT2D eigenvalue weighted by Gasteiger charge is -2.27. The van der Waals surface area contributed by atoms with Crippen molar-refractivity contribution < 1.29 is 9.59 Å². The van der Waals surface area contributed by atoms with Gasteiger partial charge in [0.05, 0.1) is 0 Å². The van der Waals surface area contributed by atoms with Crippen LogP contribution in [0.4, 0.5) is 5.69 Å². The second-order valence-electron chi connectivity index (χ2n) is 6.24. The second kappa shape index (κ2) is 6.29. The quantitative estimate of drug-likeness (QED) is 0.925. The SMILES string of the molecule is CCC(C)(C)NC(=O)c1ccc(N2CCCCC2=O)cc1. The summed E-state index contributed by atoms with van der Waals surface area (Å²) in [6.07, 6.45) is 3.51. The van der Waals surface area contributed by atoms with E-state index < -0.39 is 0 Å². The van der Waals surface area contributed by atoms with Crippen LogP contribution in [0, 0.1) is 0 Å². The highest BCUT2D eigenvalue weighted by molar-refractivity contribution is 5.97. The molecule has 0 atom stereocenters. The molecule has 1 heterocycles. The highest BCUT2D eigenvalue weighted by atomic mass is 16.2. The lowest BCUT2D eigenvalue weighted by Crippen LogP contribution is -2.42. The number of piperidine rings is 1. The Morgan fingerprint density at radius 2 is 1.90 bits per heavy atom. The molecule has 1 aliphatic rings. The van der Waals surface area contributed by atoms with Crippen molar-refractivity contribution in [2.75, 3.05) is 11.4 Å². The third-order valence-electron chi connectivity index (χ3n) is 4.10. The predicted octanol–water partition coefficient (Wildman–Crippen LogP) is 3.12. The van der Waals surface area contributed by atoms with Crippen LogP contribution in [-0.2, 0) is 4.79 Å². The van der Waals surface area contributed by atoms with Gasteiger partial charge in [-0.05, 0) is 57.4 Å². The van der Waals surface area contributed by atoms with Crippen molar-refractivity contribution in [2.45, 2.75) is 52.0 Å². The zero-order valence-corrected chi connectivity index (χ0v) is 13.1. The van der Waals surface area contributed by atoms with E-state index >= 15 is 0 Å². The molecule has 1 saturated heterocycles. The van der Waals surface area contributed by atoms with E-state index in [9.17, 15) is 9.59 Å². The Bertz CT molecular complexity index is 520. The van der Waals surface area contributed by atoms with E-state index in [4.69, 9.17) is 0 Å². The standard InChI is InChI=1S/C17H24N2O2/c1-4-17(2,3)18-16(21)13-8-10-14(11-9-13)19-12-6-5-7-15(19)20/h8-11H,4-7,12H2,1-3H3,(H,18,21). The normalized spacial score (nSPS) is 16.0. The summed E-state index contributed by atoms with van der Waals surface area (Å²) in [7, 11) is 0. The highest BCUT2D eigenvalue weighted by Gasteiger charge is 2.21. The lowest BCUT2D eigenvalue weighted by molar-refractivity contribution is -0.119. The maximum Gasteiger partial charge on any atom is 0.251 e.